The van der Waals surface area contributed by atoms with E-state index in [1.165, 1.54) is 19.3 Å². The molecule has 1 saturated carbocycles. The van der Waals surface area contributed by atoms with Crippen molar-refractivity contribution >= 4 is 0 Å². The van der Waals surface area contributed by atoms with E-state index < -0.39 is 0 Å². The van der Waals surface area contributed by atoms with Crippen LogP contribution < -0.4 is 10.1 Å². The van der Waals surface area contributed by atoms with E-state index in [4.69, 9.17) is 4.74 Å². The standard InChI is InChI=1S/C15H23NO2/c17-12-13-6-4-5-9-15(13)16-10-11-18-14-7-2-1-3-8-14/h1-3,7-8,13,15-17H,4-6,9-12H2. The van der Waals surface area contributed by atoms with Crippen molar-refractivity contribution in [2.75, 3.05) is 19.8 Å². The Balaban J connectivity index is 1.65. The summed E-state index contributed by atoms with van der Waals surface area (Å²) in [6, 6.07) is 10.3. The summed E-state index contributed by atoms with van der Waals surface area (Å²) in [7, 11) is 0. The molecule has 100 valence electrons. The number of ether oxygens (including phenoxy) is 1. The Labute approximate surface area is 109 Å². The lowest BCUT2D eigenvalue weighted by atomic mass is 9.85. The Morgan fingerprint density at radius 1 is 1.17 bits per heavy atom. The summed E-state index contributed by atoms with van der Waals surface area (Å²) in [5, 5.41) is 12.8. The van der Waals surface area contributed by atoms with E-state index in [9.17, 15) is 5.11 Å². The van der Waals surface area contributed by atoms with Gasteiger partial charge < -0.3 is 15.2 Å². The second kappa shape index (κ2) is 7.39. The van der Waals surface area contributed by atoms with Crippen molar-refractivity contribution in [3.8, 4) is 5.75 Å². The first-order chi connectivity index (χ1) is 8.90. The summed E-state index contributed by atoms with van der Waals surface area (Å²) >= 11 is 0. The molecule has 0 heterocycles. The highest BCUT2D eigenvalue weighted by Crippen LogP contribution is 2.23. The van der Waals surface area contributed by atoms with Crippen molar-refractivity contribution in [3.05, 3.63) is 30.3 Å². The first-order valence-corrected chi connectivity index (χ1v) is 6.92. The molecule has 2 rings (SSSR count). The second-order valence-corrected chi connectivity index (χ2v) is 4.95. The molecule has 1 aromatic carbocycles. The van der Waals surface area contributed by atoms with E-state index in [0.29, 0.717) is 25.2 Å². The van der Waals surface area contributed by atoms with Crippen LogP contribution in [-0.2, 0) is 0 Å². The van der Waals surface area contributed by atoms with Crippen LogP contribution in [0.4, 0.5) is 0 Å². The quantitative estimate of drug-likeness (QED) is 0.760. The topological polar surface area (TPSA) is 41.5 Å². The highest BCUT2D eigenvalue weighted by molar-refractivity contribution is 5.20. The number of nitrogens with one attached hydrogen (secondary N) is 1. The summed E-state index contributed by atoms with van der Waals surface area (Å²) in [6.07, 6.45) is 4.85. The van der Waals surface area contributed by atoms with Gasteiger partial charge in [0.25, 0.3) is 0 Å². The molecule has 1 aromatic rings. The largest absolute Gasteiger partial charge is 0.492 e. The van der Waals surface area contributed by atoms with Crippen molar-refractivity contribution in [1.29, 1.82) is 0 Å². The fourth-order valence-corrected chi connectivity index (χ4v) is 2.62. The van der Waals surface area contributed by atoms with Crippen LogP contribution >= 0.6 is 0 Å². The van der Waals surface area contributed by atoms with Gasteiger partial charge >= 0.3 is 0 Å². The molecule has 0 spiro atoms. The van der Waals surface area contributed by atoms with Crippen LogP contribution in [0.15, 0.2) is 30.3 Å². The number of aliphatic hydroxyl groups is 1. The van der Waals surface area contributed by atoms with Gasteiger partial charge in [-0.05, 0) is 30.9 Å². The van der Waals surface area contributed by atoms with Crippen LogP contribution in [0.5, 0.6) is 5.75 Å². The Hall–Kier alpha value is -1.06. The summed E-state index contributed by atoms with van der Waals surface area (Å²) < 4.78 is 5.64. The average Bonchev–Trinajstić information content (AvgIpc) is 2.45. The van der Waals surface area contributed by atoms with Crippen molar-refractivity contribution in [1.82, 2.24) is 5.32 Å². The van der Waals surface area contributed by atoms with Crippen LogP contribution in [0, 0.1) is 5.92 Å². The van der Waals surface area contributed by atoms with Gasteiger partial charge in [-0.3, -0.25) is 0 Å². The van der Waals surface area contributed by atoms with Crippen molar-refractivity contribution < 1.29 is 9.84 Å². The summed E-state index contributed by atoms with van der Waals surface area (Å²) in [6.45, 7) is 1.83. The number of para-hydroxylation sites is 1. The normalized spacial score (nSPS) is 23.8. The molecule has 1 fully saturated rings. The Kier molecular flexibility index (Phi) is 5.49. The maximum atomic E-state index is 9.32. The molecular formula is C15H23NO2. The molecule has 0 aliphatic heterocycles. The predicted molar refractivity (Wildman–Crippen MR) is 72.8 cm³/mol. The van der Waals surface area contributed by atoms with Gasteiger partial charge in [0.15, 0.2) is 0 Å². The van der Waals surface area contributed by atoms with E-state index in [2.05, 4.69) is 5.32 Å². The first-order valence-electron chi connectivity index (χ1n) is 6.92. The number of hydrogen-bond acceptors (Lipinski definition) is 3. The Morgan fingerprint density at radius 3 is 2.72 bits per heavy atom. The maximum absolute atomic E-state index is 9.32. The van der Waals surface area contributed by atoms with E-state index in [-0.39, 0.29) is 0 Å². The highest BCUT2D eigenvalue weighted by atomic mass is 16.5. The van der Waals surface area contributed by atoms with E-state index in [1.807, 2.05) is 30.3 Å². The van der Waals surface area contributed by atoms with Crippen LogP contribution in [0.25, 0.3) is 0 Å². The van der Waals surface area contributed by atoms with Crippen molar-refractivity contribution in [3.63, 3.8) is 0 Å². The molecule has 3 nitrogen and oxygen atoms in total. The molecule has 18 heavy (non-hydrogen) atoms. The van der Waals surface area contributed by atoms with Crippen LogP contribution in [0.3, 0.4) is 0 Å². The lowest BCUT2D eigenvalue weighted by Gasteiger charge is -2.31. The predicted octanol–water partition coefficient (Wildman–Crippen LogP) is 2.21. The first kappa shape index (κ1) is 13.4. The minimum Gasteiger partial charge on any atom is -0.492 e. The highest BCUT2D eigenvalue weighted by Gasteiger charge is 2.23. The van der Waals surface area contributed by atoms with Crippen molar-refractivity contribution in [2.24, 2.45) is 5.92 Å². The molecule has 0 amide bonds. The molecule has 0 radical (unpaired) electrons. The molecule has 0 bridgehead atoms. The molecule has 2 N–H and O–H groups in total. The summed E-state index contributed by atoms with van der Waals surface area (Å²) in [4.78, 5) is 0. The van der Waals surface area contributed by atoms with Gasteiger partial charge in [-0.25, -0.2) is 0 Å². The third-order valence-corrected chi connectivity index (χ3v) is 3.66. The Morgan fingerprint density at radius 2 is 1.94 bits per heavy atom. The second-order valence-electron chi connectivity index (χ2n) is 4.95. The molecule has 2 unspecified atom stereocenters. The molecule has 2 atom stereocenters. The zero-order chi connectivity index (χ0) is 12.6. The van der Waals surface area contributed by atoms with Crippen LogP contribution in [0.1, 0.15) is 25.7 Å². The third-order valence-electron chi connectivity index (χ3n) is 3.66. The average molecular weight is 249 g/mol. The lowest BCUT2D eigenvalue weighted by molar-refractivity contribution is 0.149. The van der Waals surface area contributed by atoms with Gasteiger partial charge in [0.2, 0.25) is 0 Å². The number of aliphatic hydroxyl groups excluding tert-OH is 1. The van der Waals surface area contributed by atoms with Gasteiger partial charge in [0.1, 0.15) is 12.4 Å². The van der Waals surface area contributed by atoms with Gasteiger partial charge in [0.05, 0.1) is 0 Å². The molecular weight excluding hydrogens is 226 g/mol. The smallest absolute Gasteiger partial charge is 0.119 e. The zero-order valence-corrected chi connectivity index (χ0v) is 10.8. The van der Waals surface area contributed by atoms with Crippen molar-refractivity contribution in [2.45, 2.75) is 31.7 Å². The van der Waals surface area contributed by atoms with Gasteiger partial charge in [-0.1, -0.05) is 31.0 Å². The van der Waals surface area contributed by atoms with E-state index >= 15 is 0 Å². The summed E-state index contributed by atoms with van der Waals surface area (Å²) in [5.41, 5.74) is 0. The molecule has 0 saturated heterocycles. The van der Waals surface area contributed by atoms with Crippen LogP contribution in [0.2, 0.25) is 0 Å². The van der Waals surface area contributed by atoms with E-state index in [0.717, 1.165) is 18.7 Å². The molecule has 1 aliphatic rings. The Bertz CT molecular complexity index is 329. The number of rotatable bonds is 6. The van der Waals surface area contributed by atoms with E-state index in [1.54, 1.807) is 0 Å². The van der Waals surface area contributed by atoms with Gasteiger partial charge in [0, 0.05) is 19.2 Å². The molecule has 0 aromatic heterocycles. The van der Waals surface area contributed by atoms with Crippen LogP contribution in [-0.4, -0.2) is 30.9 Å². The minimum atomic E-state index is 0.303. The summed E-state index contributed by atoms with van der Waals surface area (Å²) in [5.74, 6) is 1.34. The van der Waals surface area contributed by atoms with Gasteiger partial charge in [-0.15, -0.1) is 0 Å². The fourth-order valence-electron chi connectivity index (χ4n) is 2.62. The zero-order valence-electron chi connectivity index (χ0n) is 10.8. The maximum Gasteiger partial charge on any atom is 0.119 e. The number of hydrogen-bond donors (Lipinski definition) is 2. The molecule has 1 aliphatic carbocycles. The SMILES string of the molecule is OCC1CCCCC1NCCOc1ccccc1. The number of benzene rings is 1. The monoisotopic (exact) mass is 249 g/mol. The molecule has 3 heteroatoms. The minimum absolute atomic E-state index is 0.303. The fraction of sp³-hybridized carbons (Fsp3) is 0.600. The lowest BCUT2D eigenvalue weighted by Crippen LogP contribution is -2.41. The third kappa shape index (κ3) is 4.00. The van der Waals surface area contributed by atoms with Gasteiger partial charge in [-0.2, -0.15) is 0 Å².